The molecule has 1 aromatic heterocycles. The van der Waals surface area contributed by atoms with E-state index < -0.39 is 4.92 Å². The van der Waals surface area contributed by atoms with E-state index in [1.807, 2.05) is 6.92 Å². The third-order valence-corrected chi connectivity index (χ3v) is 3.46. The maximum atomic E-state index is 11.1. The van der Waals surface area contributed by atoms with Gasteiger partial charge in [-0.25, -0.2) is 4.68 Å². The zero-order valence-corrected chi connectivity index (χ0v) is 12.5. The van der Waals surface area contributed by atoms with Gasteiger partial charge in [0.15, 0.2) is 0 Å². The Labute approximate surface area is 123 Å². The first-order valence-electron chi connectivity index (χ1n) is 5.79. The fraction of sp³-hybridized carbons (Fsp3) is 0.250. The van der Waals surface area contributed by atoms with Gasteiger partial charge in [-0.05, 0) is 28.9 Å². The average Bonchev–Trinajstić information content (AvgIpc) is 2.65. The number of benzene rings is 1. The Morgan fingerprint density at radius 1 is 1.55 bits per heavy atom. The van der Waals surface area contributed by atoms with E-state index in [4.69, 9.17) is 10.5 Å². The van der Waals surface area contributed by atoms with E-state index in [0.717, 1.165) is 11.3 Å². The van der Waals surface area contributed by atoms with Crippen molar-refractivity contribution in [2.75, 3.05) is 0 Å². The molecule has 1 heterocycles. The number of nitrogens with two attached hydrogens (primary N) is 1. The highest BCUT2D eigenvalue weighted by Crippen LogP contribution is 2.39. The van der Waals surface area contributed by atoms with Crippen molar-refractivity contribution in [3.8, 4) is 11.6 Å². The van der Waals surface area contributed by atoms with Crippen LogP contribution in [0.15, 0.2) is 22.7 Å². The highest BCUT2D eigenvalue weighted by Gasteiger charge is 2.22. The first kappa shape index (κ1) is 14.5. The quantitative estimate of drug-likeness (QED) is 0.681. The Balaban J connectivity index is 2.53. The summed E-state index contributed by atoms with van der Waals surface area (Å²) in [6.07, 6.45) is 0. The van der Waals surface area contributed by atoms with Gasteiger partial charge in [-0.2, -0.15) is 5.10 Å². The lowest BCUT2D eigenvalue weighted by Gasteiger charge is -2.09. The van der Waals surface area contributed by atoms with Gasteiger partial charge in [0.1, 0.15) is 0 Å². The van der Waals surface area contributed by atoms with Gasteiger partial charge in [0.2, 0.25) is 11.6 Å². The highest BCUT2D eigenvalue weighted by atomic mass is 79.9. The summed E-state index contributed by atoms with van der Waals surface area (Å²) < 4.78 is 7.72. The van der Waals surface area contributed by atoms with E-state index in [1.165, 1.54) is 10.7 Å². The van der Waals surface area contributed by atoms with E-state index >= 15 is 0 Å². The van der Waals surface area contributed by atoms with Crippen molar-refractivity contribution >= 4 is 21.6 Å². The highest BCUT2D eigenvalue weighted by molar-refractivity contribution is 9.10. The molecule has 0 aliphatic rings. The summed E-state index contributed by atoms with van der Waals surface area (Å²) in [6, 6.07) is 4.63. The van der Waals surface area contributed by atoms with Gasteiger partial charge < -0.3 is 10.5 Å². The van der Waals surface area contributed by atoms with Crippen LogP contribution in [0.4, 0.5) is 5.69 Å². The summed E-state index contributed by atoms with van der Waals surface area (Å²) in [5.74, 6) is 0.537. The Kier molecular flexibility index (Phi) is 4.05. The number of rotatable bonds is 4. The van der Waals surface area contributed by atoms with Gasteiger partial charge in [-0.3, -0.25) is 10.1 Å². The molecule has 1 aromatic carbocycles. The van der Waals surface area contributed by atoms with Crippen LogP contribution in [0.1, 0.15) is 11.3 Å². The molecule has 0 radical (unpaired) electrons. The predicted octanol–water partition coefficient (Wildman–Crippen LogP) is 2.65. The van der Waals surface area contributed by atoms with E-state index in [0.29, 0.717) is 10.4 Å². The Bertz CT molecular complexity index is 669. The van der Waals surface area contributed by atoms with Crippen LogP contribution in [-0.4, -0.2) is 14.7 Å². The number of halogens is 1. The van der Waals surface area contributed by atoms with Crippen LogP contribution < -0.4 is 10.5 Å². The van der Waals surface area contributed by atoms with Crippen LogP contribution in [0.5, 0.6) is 11.6 Å². The van der Waals surface area contributed by atoms with Crippen molar-refractivity contribution in [1.82, 2.24) is 9.78 Å². The number of para-hydroxylation sites is 1. The average molecular weight is 341 g/mol. The van der Waals surface area contributed by atoms with E-state index in [-0.39, 0.29) is 18.0 Å². The van der Waals surface area contributed by atoms with Crippen LogP contribution in [0.2, 0.25) is 0 Å². The van der Waals surface area contributed by atoms with Gasteiger partial charge in [0.05, 0.1) is 20.7 Å². The van der Waals surface area contributed by atoms with Gasteiger partial charge in [-0.15, -0.1) is 0 Å². The molecular weight excluding hydrogens is 328 g/mol. The fourth-order valence-corrected chi connectivity index (χ4v) is 2.32. The van der Waals surface area contributed by atoms with Crippen molar-refractivity contribution in [3.05, 3.63) is 44.0 Å². The van der Waals surface area contributed by atoms with E-state index in [2.05, 4.69) is 21.0 Å². The van der Waals surface area contributed by atoms with Gasteiger partial charge in [0.25, 0.3) is 0 Å². The molecule has 106 valence electrons. The Morgan fingerprint density at radius 3 is 2.85 bits per heavy atom. The van der Waals surface area contributed by atoms with E-state index in [1.54, 1.807) is 19.2 Å². The molecule has 8 heteroatoms. The second-order valence-electron chi connectivity index (χ2n) is 4.14. The number of ether oxygens (including phenoxy) is 1. The lowest BCUT2D eigenvalue weighted by Crippen LogP contribution is -2.03. The monoisotopic (exact) mass is 340 g/mol. The lowest BCUT2D eigenvalue weighted by atomic mass is 10.2. The third kappa shape index (κ3) is 2.52. The number of aromatic nitrogens is 2. The third-order valence-electron chi connectivity index (χ3n) is 2.83. The standard InChI is InChI=1S/C12H13BrN4O3/c1-7-8(6-14)12(16(2)15-7)20-11-9(13)4-3-5-10(11)17(18)19/h3-5H,6,14H2,1-2H3. The molecule has 0 atom stereocenters. The molecule has 2 rings (SSSR count). The summed E-state index contributed by atoms with van der Waals surface area (Å²) in [7, 11) is 1.70. The molecule has 0 unspecified atom stereocenters. The maximum absolute atomic E-state index is 11.1. The zero-order chi connectivity index (χ0) is 14.9. The number of nitrogens with zero attached hydrogens (tertiary/aromatic N) is 3. The molecule has 0 bridgehead atoms. The minimum Gasteiger partial charge on any atom is -0.430 e. The van der Waals surface area contributed by atoms with Gasteiger partial charge in [-0.1, -0.05) is 6.07 Å². The largest absolute Gasteiger partial charge is 0.430 e. The molecule has 20 heavy (non-hydrogen) atoms. The van der Waals surface area contributed by atoms with Crippen molar-refractivity contribution in [2.45, 2.75) is 13.5 Å². The summed E-state index contributed by atoms with van der Waals surface area (Å²) >= 11 is 3.26. The molecule has 0 fully saturated rings. The number of nitro groups is 1. The van der Waals surface area contributed by atoms with E-state index in [9.17, 15) is 10.1 Å². The fourth-order valence-electron chi connectivity index (χ4n) is 1.88. The minimum atomic E-state index is -0.495. The smallest absolute Gasteiger partial charge is 0.312 e. The first-order chi connectivity index (χ1) is 9.45. The molecule has 2 aromatic rings. The van der Waals surface area contributed by atoms with Crippen molar-refractivity contribution in [1.29, 1.82) is 0 Å². The van der Waals surface area contributed by atoms with Crippen LogP contribution >= 0.6 is 15.9 Å². The normalized spacial score (nSPS) is 10.6. The van der Waals surface area contributed by atoms with Gasteiger partial charge in [0, 0.05) is 19.7 Å². The first-order valence-corrected chi connectivity index (χ1v) is 6.58. The summed E-state index contributed by atoms with van der Waals surface area (Å²) in [6.45, 7) is 2.05. The van der Waals surface area contributed by atoms with Crippen molar-refractivity contribution in [3.63, 3.8) is 0 Å². The summed E-state index contributed by atoms with van der Waals surface area (Å²) in [4.78, 5) is 10.6. The second kappa shape index (κ2) is 5.59. The number of aryl methyl sites for hydroxylation is 2. The van der Waals surface area contributed by atoms with Crippen LogP contribution in [0.3, 0.4) is 0 Å². The van der Waals surface area contributed by atoms with Crippen molar-refractivity contribution in [2.24, 2.45) is 12.8 Å². The molecule has 0 spiro atoms. The minimum absolute atomic E-state index is 0.124. The van der Waals surface area contributed by atoms with Crippen LogP contribution in [-0.2, 0) is 13.6 Å². The maximum Gasteiger partial charge on any atom is 0.312 e. The Morgan fingerprint density at radius 2 is 2.25 bits per heavy atom. The molecule has 0 saturated carbocycles. The molecule has 7 nitrogen and oxygen atoms in total. The second-order valence-corrected chi connectivity index (χ2v) is 5.00. The molecule has 2 N–H and O–H groups in total. The van der Waals surface area contributed by atoms with Crippen molar-refractivity contribution < 1.29 is 9.66 Å². The number of hydrogen-bond acceptors (Lipinski definition) is 5. The zero-order valence-electron chi connectivity index (χ0n) is 11.0. The van der Waals surface area contributed by atoms with Crippen LogP contribution in [0.25, 0.3) is 0 Å². The van der Waals surface area contributed by atoms with Crippen LogP contribution in [0, 0.1) is 17.0 Å². The SMILES string of the molecule is Cc1nn(C)c(Oc2c(Br)cccc2[N+](=O)[O-])c1CN. The van der Waals surface area contributed by atoms with Gasteiger partial charge >= 0.3 is 5.69 Å². The molecule has 0 aliphatic carbocycles. The molecular formula is C12H13BrN4O3. The predicted molar refractivity (Wildman–Crippen MR) is 76.7 cm³/mol. The topological polar surface area (TPSA) is 96.2 Å². The Hall–Kier alpha value is -1.93. The summed E-state index contributed by atoms with van der Waals surface area (Å²) in [5.41, 5.74) is 7.01. The molecule has 0 aliphatic heterocycles. The number of nitro benzene ring substituents is 1. The summed E-state index contributed by atoms with van der Waals surface area (Å²) in [5, 5.41) is 15.3. The number of hydrogen-bond donors (Lipinski definition) is 1. The molecule has 0 amide bonds. The lowest BCUT2D eigenvalue weighted by molar-refractivity contribution is -0.385. The molecule has 0 saturated heterocycles.